The SMILES string of the molecule is O=C(O)N[C@H]1CCC(=O)N2c3cc(Cl)ccc3Oc3c(F)cccc3[C@@H]12. The molecule has 0 bridgehead atoms. The summed E-state index contributed by atoms with van der Waals surface area (Å²) in [6, 6.07) is 7.77. The van der Waals surface area contributed by atoms with Crippen molar-refractivity contribution in [3.63, 3.8) is 0 Å². The largest absolute Gasteiger partial charge is 0.465 e. The third-order valence-corrected chi connectivity index (χ3v) is 4.85. The van der Waals surface area contributed by atoms with Gasteiger partial charge in [-0.2, -0.15) is 0 Å². The standard InChI is InChI=1S/C18H14ClFN2O4/c19-9-4-6-14-13(8-9)22-15(23)7-5-12(21-18(24)25)16(22)10-2-1-3-11(20)17(10)26-14/h1-4,6,8,12,16,21H,5,7H2,(H,24,25)/t12-,16-/m0/s1. The number of fused-ring (bicyclic) bond motifs is 5. The topological polar surface area (TPSA) is 78.9 Å². The second kappa shape index (κ2) is 6.17. The molecule has 0 unspecified atom stereocenters. The van der Waals surface area contributed by atoms with Crippen LogP contribution in [0.2, 0.25) is 5.02 Å². The predicted octanol–water partition coefficient (Wildman–Crippen LogP) is 4.09. The lowest BCUT2D eigenvalue weighted by Gasteiger charge is -2.40. The third kappa shape index (κ3) is 2.64. The number of ether oxygens (including phenoxy) is 1. The molecule has 0 radical (unpaired) electrons. The van der Waals surface area contributed by atoms with Crippen LogP contribution >= 0.6 is 11.6 Å². The van der Waals surface area contributed by atoms with Crippen LogP contribution in [0.5, 0.6) is 11.5 Å². The fourth-order valence-corrected chi connectivity index (χ4v) is 3.75. The lowest BCUT2D eigenvalue weighted by Crippen LogP contribution is -2.52. The minimum absolute atomic E-state index is 0.0181. The minimum atomic E-state index is -1.21. The van der Waals surface area contributed by atoms with Gasteiger partial charge in [0.2, 0.25) is 5.91 Å². The molecule has 6 nitrogen and oxygen atoms in total. The summed E-state index contributed by atoms with van der Waals surface area (Å²) in [5, 5.41) is 12.0. The van der Waals surface area contributed by atoms with Crippen molar-refractivity contribution >= 4 is 29.3 Å². The van der Waals surface area contributed by atoms with Crippen molar-refractivity contribution in [2.24, 2.45) is 0 Å². The van der Waals surface area contributed by atoms with Gasteiger partial charge >= 0.3 is 6.09 Å². The highest BCUT2D eigenvalue weighted by Gasteiger charge is 2.43. The Labute approximate surface area is 153 Å². The van der Waals surface area contributed by atoms with Gasteiger partial charge in [-0.1, -0.05) is 23.7 Å². The van der Waals surface area contributed by atoms with E-state index in [1.54, 1.807) is 24.3 Å². The summed E-state index contributed by atoms with van der Waals surface area (Å²) in [6.07, 6.45) is -0.755. The number of benzene rings is 2. The van der Waals surface area contributed by atoms with Crippen molar-refractivity contribution < 1.29 is 23.8 Å². The number of carbonyl (C=O) groups excluding carboxylic acids is 1. The number of halogens is 2. The molecule has 0 aromatic heterocycles. The average Bonchev–Trinajstić information content (AvgIpc) is 2.73. The molecule has 2 amide bonds. The van der Waals surface area contributed by atoms with Gasteiger partial charge < -0.3 is 15.2 Å². The van der Waals surface area contributed by atoms with Gasteiger partial charge in [0.15, 0.2) is 17.3 Å². The molecule has 134 valence electrons. The Morgan fingerprint density at radius 3 is 2.92 bits per heavy atom. The van der Waals surface area contributed by atoms with Crippen LogP contribution < -0.4 is 15.0 Å². The lowest BCUT2D eigenvalue weighted by atomic mass is 9.89. The van der Waals surface area contributed by atoms with Crippen LogP contribution in [0, 0.1) is 5.82 Å². The van der Waals surface area contributed by atoms with Gasteiger partial charge in [-0.3, -0.25) is 9.69 Å². The molecule has 8 heteroatoms. The summed E-state index contributed by atoms with van der Waals surface area (Å²) in [4.78, 5) is 25.4. The Morgan fingerprint density at radius 1 is 1.35 bits per heavy atom. The minimum Gasteiger partial charge on any atom is -0.465 e. The van der Waals surface area contributed by atoms with Crippen molar-refractivity contribution in [1.82, 2.24) is 5.32 Å². The van der Waals surface area contributed by atoms with Crippen molar-refractivity contribution in [3.8, 4) is 11.5 Å². The molecule has 2 heterocycles. The highest BCUT2D eigenvalue weighted by Crippen LogP contribution is 2.49. The highest BCUT2D eigenvalue weighted by atomic mass is 35.5. The molecule has 2 aromatic carbocycles. The number of anilines is 1. The van der Waals surface area contributed by atoms with E-state index in [0.29, 0.717) is 22.7 Å². The number of hydrogen-bond acceptors (Lipinski definition) is 3. The molecule has 2 aromatic rings. The summed E-state index contributed by atoms with van der Waals surface area (Å²) in [5.41, 5.74) is 0.795. The van der Waals surface area contributed by atoms with Crippen LogP contribution in [0.25, 0.3) is 0 Å². The molecular weight excluding hydrogens is 363 g/mol. The van der Waals surface area contributed by atoms with Gasteiger partial charge in [0.05, 0.1) is 17.8 Å². The second-order valence-corrected chi connectivity index (χ2v) is 6.61. The lowest BCUT2D eigenvalue weighted by molar-refractivity contribution is -0.120. The maximum Gasteiger partial charge on any atom is 0.404 e. The number of rotatable bonds is 1. The number of amides is 2. The Hall–Kier alpha value is -2.80. The molecule has 1 saturated heterocycles. The molecule has 2 N–H and O–H groups in total. The first-order valence-corrected chi connectivity index (χ1v) is 8.41. The van der Waals surface area contributed by atoms with Crippen LogP contribution in [-0.4, -0.2) is 23.1 Å². The first-order chi connectivity index (χ1) is 12.5. The molecule has 4 rings (SSSR count). The van der Waals surface area contributed by atoms with Crippen LogP contribution in [0.4, 0.5) is 14.9 Å². The van der Waals surface area contributed by atoms with E-state index in [9.17, 15) is 19.1 Å². The molecule has 1 fully saturated rings. The van der Waals surface area contributed by atoms with Crippen molar-refractivity contribution in [1.29, 1.82) is 0 Å². The van der Waals surface area contributed by atoms with Crippen LogP contribution in [0.1, 0.15) is 24.4 Å². The second-order valence-electron chi connectivity index (χ2n) is 6.18. The van der Waals surface area contributed by atoms with Gasteiger partial charge in [-0.05, 0) is 30.7 Å². The third-order valence-electron chi connectivity index (χ3n) is 4.61. The summed E-state index contributed by atoms with van der Waals surface area (Å²) < 4.78 is 20.3. The molecule has 0 saturated carbocycles. The number of carbonyl (C=O) groups is 2. The van der Waals surface area contributed by atoms with E-state index in [1.165, 1.54) is 17.0 Å². The van der Waals surface area contributed by atoms with Crippen LogP contribution in [-0.2, 0) is 4.79 Å². The average molecular weight is 377 g/mol. The zero-order chi connectivity index (χ0) is 18.4. The number of para-hydroxylation sites is 1. The van der Waals surface area contributed by atoms with E-state index >= 15 is 0 Å². The number of nitrogens with zero attached hydrogens (tertiary/aromatic N) is 1. The maximum atomic E-state index is 14.5. The Morgan fingerprint density at radius 2 is 2.15 bits per heavy atom. The van der Waals surface area contributed by atoms with E-state index in [1.807, 2.05) is 0 Å². The molecule has 26 heavy (non-hydrogen) atoms. The summed E-state index contributed by atoms with van der Waals surface area (Å²) >= 11 is 6.09. The molecule has 0 spiro atoms. The first kappa shape index (κ1) is 16.7. The molecular formula is C18H14ClFN2O4. The summed E-state index contributed by atoms with van der Waals surface area (Å²) in [5.74, 6) is -0.525. The van der Waals surface area contributed by atoms with Crippen molar-refractivity contribution in [2.75, 3.05) is 4.90 Å². The fourth-order valence-electron chi connectivity index (χ4n) is 3.58. The van der Waals surface area contributed by atoms with E-state index in [2.05, 4.69) is 5.32 Å². The number of nitrogens with one attached hydrogen (secondary N) is 1. The van der Waals surface area contributed by atoms with Gasteiger partial charge in [0.25, 0.3) is 0 Å². The van der Waals surface area contributed by atoms with E-state index < -0.39 is 24.0 Å². The van der Waals surface area contributed by atoms with E-state index in [0.717, 1.165) is 0 Å². The molecule has 2 atom stereocenters. The van der Waals surface area contributed by atoms with Gasteiger partial charge in [0.1, 0.15) is 0 Å². The van der Waals surface area contributed by atoms with Gasteiger partial charge in [-0.15, -0.1) is 0 Å². The zero-order valence-corrected chi connectivity index (χ0v) is 14.2. The molecule has 0 aliphatic carbocycles. The fraction of sp³-hybridized carbons (Fsp3) is 0.222. The van der Waals surface area contributed by atoms with Crippen molar-refractivity contribution in [3.05, 3.63) is 52.8 Å². The number of hydrogen-bond donors (Lipinski definition) is 2. The molecule has 2 aliphatic rings. The Bertz CT molecular complexity index is 920. The van der Waals surface area contributed by atoms with Crippen molar-refractivity contribution in [2.45, 2.75) is 24.9 Å². The normalized spacial score (nSPS) is 21.0. The maximum absolute atomic E-state index is 14.5. The monoisotopic (exact) mass is 376 g/mol. The van der Waals surface area contributed by atoms with E-state index in [-0.39, 0.29) is 23.8 Å². The highest BCUT2D eigenvalue weighted by molar-refractivity contribution is 6.31. The zero-order valence-electron chi connectivity index (χ0n) is 13.4. The van der Waals surface area contributed by atoms with Gasteiger partial charge in [0, 0.05) is 17.0 Å². The summed E-state index contributed by atoms with van der Waals surface area (Å²) in [6.45, 7) is 0. The van der Waals surface area contributed by atoms with E-state index in [4.69, 9.17) is 16.3 Å². The number of carboxylic acid groups (broad SMARTS) is 1. The predicted molar refractivity (Wildman–Crippen MR) is 92.3 cm³/mol. The quantitative estimate of drug-likeness (QED) is 0.785. The Balaban J connectivity index is 1.97. The number of piperidine rings is 1. The van der Waals surface area contributed by atoms with Crippen LogP contribution in [0.3, 0.4) is 0 Å². The molecule has 2 aliphatic heterocycles. The first-order valence-electron chi connectivity index (χ1n) is 8.03. The Kier molecular flexibility index (Phi) is 3.96. The summed E-state index contributed by atoms with van der Waals surface area (Å²) in [7, 11) is 0. The van der Waals surface area contributed by atoms with Crippen LogP contribution in [0.15, 0.2) is 36.4 Å². The van der Waals surface area contributed by atoms with Gasteiger partial charge in [-0.25, -0.2) is 9.18 Å². The smallest absolute Gasteiger partial charge is 0.404 e.